The number of carbonyl (C=O) groups excluding carboxylic acids is 2. The Balaban J connectivity index is 1.55. The maximum absolute atomic E-state index is 12.6. The van der Waals surface area contributed by atoms with E-state index in [0.29, 0.717) is 35.1 Å². The highest BCUT2D eigenvalue weighted by Crippen LogP contribution is 2.25. The normalized spacial score (nSPS) is 10.6. The van der Waals surface area contributed by atoms with Crippen LogP contribution in [0, 0.1) is 0 Å². The maximum atomic E-state index is 12.6. The molecule has 0 aliphatic heterocycles. The number of amides is 2. The van der Waals surface area contributed by atoms with Crippen LogP contribution < -0.4 is 20.3 Å². The highest BCUT2D eigenvalue weighted by Gasteiger charge is 2.13. The van der Waals surface area contributed by atoms with Crippen LogP contribution in [0.5, 0.6) is 11.5 Å². The van der Waals surface area contributed by atoms with Crippen molar-refractivity contribution in [2.45, 2.75) is 4.90 Å². The third-order valence-corrected chi connectivity index (χ3v) is 5.02. The number of hydrogen-bond donors (Lipinski definition) is 3. The molecule has 0 bridgehead atoms. The van der Waals surface area contributed by atoms with Crippen molar-refractivity contribution in [3.05, 3.63) is 60.3 Å². The van der Waals surface area contributed by atoms with Gasteiger partial charge in [-0.3, -0.25) is 14.8 Å². The molecule has 0 saturated heterocycles. The Morgan fingerprint density at radius 3 is 2.56 bits per heavy atom. The van der Waals surface area contributed by atoms with E-state index in [1.807, 2.05) is 24.3 Å². The van der Waals surface area contributed by atoms with Crippen molar-refractivity contribution < 1.29 is 29.0 Å². The van der Waals surface area contributed by atoms with Gasteiger partial charge in [0.15, 0.2) is 0 Å². The van der Waals surface area contributed by atoms with Crippen molar-refractivity contribution in [3.8, 4) is 11.5 Å². The quantitative estimate of drug-likeness (QED) is 0.184. The van der Waals surface area contributed by atoms with Gasteiger partial charge < -0.3 is 19.5 Å². The molecule has 3 rings (SSSR count). The van der Waals surface area contributed by atoms with Gasteiger partial charge in [0.1, 0.15) is 30.4 Å². The first-order valence-electron chi connectivity index (χ1n) is 9.75. The summed E-state index contributed by atoms with van der Waals surface area (Å²) in [5.41, 5.74) is 2.47. The number of hydrogen-bond acceptors (Lipinski definition) is 8. The zero-order valence-electron chi connectivity index (χ0n) is 17.4. The zero-order valence-corrected chi connectivity index (χ0v) is 18.2. The van der Waals surface area contributed by atoms with Crippen LogP contribution in [0.4, 0.5) is 4.79 Å². The highest BCUT2D eigenvalue weighted by atomic mass is 32.2. The van der Waals surface area contributed by atoms with E-state index in [-0.39, 0.29) is 24.8 Å². The van der Waals surface area contributed by atoms with Crippen LogP contribution >= 0.6 is 11.8 Å². The van der Waals surface area contributed by atoms with Crippen molar-refractivity contribution in [3.63, 3.8) is 0 Å². The smallest absolute Gasteiger partial charge is 0.307 e. The molecule has 10 heteroatoms. The monoisotopic (exact) mass is 457 g/mol. The van der Waals surface area contributed by atoms with E-state index >= 15 is 0 Å². The molecule has 0 atom stereocenters. The first kappa shape index (κ1) is 23.3. The Hall–Kier alpha value is -3.34. The number of benzene rings is 2. The van der Waals surface area contributed by atoms with Crippen LogP contribution in [-0.2, 0) is 4.74 Å². The number of rotatable bonds is 10. The third kappa shape index (κ3) is 6.58. The summed E-state index contributed by atoms with van der Waals surface area (Å²) in [6, 6.07) is 15.8. The molecule has 9 nitrogen and oxygen atoms in total. The van der Waals surface area contributed by atoms with Crippen molar-refractivity contribution in [1.29, 1.82) is 0 Å². The van der Waals surface area contributed by atoms with Gasteiger partial charge >= 0.3 is 5.24 Å². The molecule has 0 aliphatic carbocycles. The lowest BCUT2D eigenvalue weighted by Crippen LogP contribution is -2.28. The molecule has 1 heterocycles. The van der Waals surface area contributed by atoms with E-state index in [4.69, 9.17) is 19.4 Å². The van der Waals surface area contributed by atoms with E-state index in [9.17, 15) is 9.59 Å². The van der Waals surface area contributed by atoms with Crippen LogP contribution in [-0.4, -0.2) is 54.8 Å². The molecule has 0 spiro atoms. The van der Waals surface area contributed by atoms with Gasteiger partial charge in [0, 0.05) is 23.5 Å². The number of carbonyl (C=O) groups is 2. The van der Waals surface area contributed by atoms with Crippen LogP contribution in [0.2, 0.25) is 0 Å². The largest absolute Gasteiger partial charge is 0.492 e. The molecule has 2 amide bonds. The molecular formula is C22H23N3O6S. The molecule has 0 radical (unpaired) electrons. The van der Waals surface area contributed by atoms with E-state index < -0.39 is 5.24 Å². The standard InChI is InChI=1S/C22H23N3O6S/c1-29-12-13-31-20-14-19(24-18-5-3-2-4-17(18)20)21(26)23-10-11-30-15-6-8-16(9-7-15)32-22(27)25-28/h2-9,14,28H,10-13H2,1H3,(H,23,26)(H,25,27). The van der Waals surface area contributed by atoms with E-state index in [1.54, 1.807) is 42.9 Å². The average molecular weight is 458 g/mol. The summed E-state index contributed by atoms with van der Waals surface area (Å²) in [4.78, 5) is 28.8. The number of para-hydroxylation sites is 1. The molecule has 0 aliphatic rings. The molecule has 168 valence electrons. The zero-order chi connectivity index (χ0) is 22.8. The molecule has 3 aromatic rings. The number of methoxy groups -OCH3 is 1. The SMILES string of the molecule is COCCOc1cc(C(=O)NCCOc2ccc(SC(=O)NO)cc2)nc2ccccc12. The second-order valence-electron chi connectivity index (χ2n) is 6.44. The number of pyridine rings is 1. The first-order valence-corrected chi connectivity index (χ1v) is 10.6. The van der Waals surface area contributed by atoms with Gasteiger partial charge in [0.2, 0.25) is 0 Å². The molecule has 0 fully saturated rings. The number of nitrogens with zero attached hydrogens (tertiary/aromatic N) is 1. The van der Waals surface area contributed by atoms with Gasteiger partial charge in [-0.1, -0.05) is 12.1 Å². The molecular weight excluding hydrogens is 434 g/mol. The third-order valence-electron chi connectivity index (χ3n) is 4.24. The van der Waals surface area contributed by atoms with Crippen molar-refractivity contribution in [1.82, 2.24) is 15.8 Å². The van der Waals surface area contributed by atoms with E-state index in [2.05, 4.69) is 10.3 Å². The lowest BCUT2D eigenvalue weighted by molar-refractivity contribution is 0.0941. The summed E-state index contributed by atoms with van der Waals surface area (Å²) in [6.45, 7) is 1.32. The number of nitrogens with one attached hydrogen (secondary N) is 2. The summed E-state index contributed by atoms with van der Waals surface area (Å²) in [5, 5.41) is 11.6. The van der Waals surface area contributed by atoms with Crippen LogP contribution in [0.25, 0.3) is 10.9 Å². The minimum Gasteiger partial charge on any atom is -0.492 e. The van der Waals surface area contributed by atoms with E-state index in [1.165, 1.54) is 0 Å². The van der Waals surface area contributed by atoms with Crippen molar-refractivity contribution >= 4 is 33.8 Å². The van der Waals surface area contributed by atoms with Gasteiger partial charge in [-0.15, -0.1) is 0 Å². The molecule has 0 saturated carbocycles. The first-order chi connectivity index (χ1) is 15.6. The van der Waals surface area contributed by atoms with Gasteiger partial charge in [0.25, 0.3) is 5.91 Å². The Bertz CT molecular complexity index is 1060. The van der Waals surface area contributed by atoms with E-state index in [0.717, 1.165) is 17.1 Å². The Morgan fingerprint density at radius 1 is 1.03 bits per heavy atom. The lowest BCUT2D eigenvalue weighted by atomic mass is 10.1. The van der Waals surface area contributed by atoms with Crippen LogP contribution in [0.3, 0.4) is 0 Å². The topological polar surface area (TPSA) is 119 Å². The second-order valence-corrected chi connectivity index (χ2v) is 7.49. The minimum atomic E-state index is -0.573. The maximum Gasteiger partial charge on any atom is 0.307 e. The summed E-state index contributed by atoms with van der Waals surface area (Å²) < 4.78 is 16.4. The number of fused-ring (bicyclic) bond motifs is 1. The number of aromatic nitrogens is 1. The Morgan fingerprint density at radius 2 is 1.81 bits per heavy atom. The molecule has 0 unspecified atom stereocenters. The predicted octanol–water partition coefficient (Wildman–Crippen LogP) is 3.26. The number of thioether (sulfide) groups is 1. The fourth-order valence-electron chi connectivity index (χ4n) is 2.77. The van der Waals surface area contributed by atoms with Gasteiger partial charge in [-0.2, -0.15) is 0 Å². The molecule has 3 N–H and O–H groups in total. The summed E-state index contributed by atoms with van der Waals surface area (Å²) in [5.74, 6) is 0.824. The van der Waals surface area contributed by atoms with Gasteiger partial charge in [-0.25, -0.2) is 10.5 Å². The van der Waals surface area contributed by atoms with Crippen molar-refractivity contribution in [2.75, 3.05) is 33.5 Å². The molecule has 2 aromatic carbocycles. The van der Waals surface area contributed by atoms with Gasteiger partial charge in [0.05, 0.1) is 18.7 Å². The Labute approximate surface area is 189 Å². The minimum absolute atomic E-state index is 0.250. The molecule has 1 aromatic heterocycles. The summed E-state index contributed by atoms with van der Waals surface area (Å²) in [6.07, 6.45) is 0. The number of ether oxygens (including phenoxy) is 3. The fraction of sp³-hybridized carbons (Fsp3) is 0.227. The second kappa shape index (κ2) is 11.9. The fourth-order valence-corrected chi connectivity index (χ4v) is 3.30. The van der Waals surface area contributed by atoms with Crippen LogP contribution in [0.1, 0.15) is 10.5 Å². The predicted molar refractivity (Wildman–Crippen MR) is 120 cm³/mol. The van der Waals surface area contributed by atoms with Crippen molar-refractivity contribution in [2.24, 2.45) is 0 Å². The Kier molecular flexibility index (Phi) is 8.67. The molecule has 32 heavy (non-hydrogen) atoms. The lowest BCUT2D eigenvalue weighted by Gasteiger charge is -2.12. The summed E-state index contributed by atoms with van der Waals surface area (Å²) in [7, 11) is 1.60. The van der Waals surface area contributed by atoms with Gasteiger partial charge in [-0.05, 0) is 48.2 Å². The summed E-state index contributed by atoms with van der Waals surface area (Å²) >= 11 is 0.853. The highest BCUT2D eigenvalue weighted by molar-refractivity contribution is 8.13. The van der Waals surface area contributed by atoms with Crippen LogP contribution in [0.15, 0.2) is 59.5 Å². The number of hydroxylamine groups is 1. The average Bonchev–Trinajstić information content (AvgIpc) is 2.82.